The van der Waals surface area contributed by atoms with Gasteiger partial charge >= 0.3 is 0 Å². The zero-order valence-electron chi connectivity index (χ0n) is 6.01. The molecule has 0 rings (SSSR count). The van der Waals surface area contributed by atoms with Gasteiger partial charge in [0, 0.05) is 12.8 Å². The highest BCUT2D eigenvalue weighted by atomic mass is 16.4. The summed E-state index contributed by atoms with van der Waals surface area (Å²) >= 11 is 0. The molecular formula is C6H13NO4. The first kappa shape index (κ1) is 10.5. The minimum Gasteiger partial charge on any atom is -0.396 e. The van der Waals surface area contributed by atoms with E-state index in [1.807, 2.05) is 0 Å². The number of aliphatic hydroxyl groups excluding tert-OH is 4. The molecule has 0 aliphatic heterocycles. The summed E-state index contributed by atoms with van der Waals surface area (Å²) in [5, 5.41) is 41.6. The van der Waals surface area contributed by atoms with Crippen molar-refractivity contribution in [1.29, 1.82) is 5.41 Å². The van der Waals surface area contributed by atoms with E-state index in [1.165, 1.54) is 0 Å². The Morgan fingerprint density at radius 3 is 2.18 bits per heavy atom. The molecular weight excluding hydrogens is 150 g/mol. The molecule has 0 aromatic heterocycles. The van der Waals surface area contributed by atoms with E-state index in [-0.39, 0.29) is 13.0 Å². The van der Waals surface area contributed by atoms with E-state index in [0.29, 0.717) is 6.21 Å². The first-order valence-electron chi connectivity index (χ1n) is 3.29. The molecule has 11 heavy (non-hydrogen) atoms. The number of aliphatic hydroxyl groups is 4. The molecule has 0 heterocycles. The summed E-state index contributed by atoms with van der Waals surface area (Å²) in [6.07, 6.45) is -3.31. The van der Waals surface area contributed by atoms with Crippen LogP contribution in [0.4, 0.5) is 0 Å². The lowest BCUT2D eigenvalue weighted by molar-refractivity contribution is -0.0412. The van der Waals surface area contributed by atoms with Crippen molar-refractivity contribution in [3.63, 3.8) is 0 Å². The number of hydrogen-bond donors (Lipinski definition) is 5. The second-order valence-electron chi connectivity index (χ2n) is 2.23. The van der Waals surface area contributed by atoms with Gasteiger partial charge in [-0.15, -0.1) is 0 Å². The first-order chi connectivity index (χ1) is 5.13. The van der Waals surface area contributed by atoms with Gasteiger partial charge in [-0.05, 0) is 6.42 Å². The second-order valence-corrected chi connectivity index (χ2v) is 2.23. The van der Waals surface area contributed by atoms with Crippen LogP contribution in [0.2, 0.25) is 0 Å². The van der Waals surface area contributed by atoms with E-state index in [1.54, 1.807) is 0 Å². The van der Waals surface area contributed by atoms with E-state index < -0.39 is 18.3 Å². The molecule has 0 bridgehead atoms. The largest absolute Gasteiger partial charge is 0.396 e. The Bertz CT molecular complexity index is 119. The number of hydrogen-bond acceptors (Lipinski definition) is 5. The molecule has 3 atom stereocenters. The minimum atomic E-state index is -1.39. The van der Waals surface area contributed by atoms with Crippen molar-refractivity contribution in [2.24, 2.45) is 0 Å². The van der Waals surface area contributed by atoms with Crippen LogP contribution in [-0.2, 0) is 0 Å². The highest BCUT2D eigenvalue weighted by molar-refractivity contribution is 5.59. The summed E-state index contributed by atoms with van der Waals surface area (Å²) in [4.78, 5) is 0. The fourth-order valence-electron chi connectivity index (χ4n) is 0.629. The van der Waals surface area contributed by atoms with Crippen molar-refractivity contribution in [3.8, 4) is 0 Å². The SMILES string of the molecule is N=C[C@H](O)[C@@H](O)[C@H](O)CCO. The Hall–Kier alpha value is -0.490. The van der Waals surface area contributed by atoms with Crippen molar-refractivity contribution in [2.75, 3.05) is 6.61 Å². The minimum absolute atomic E-state index is 0.00787. The molecule has 0 unspecified atom stereocenters. The van der Waals surface area contributed by atoms with Gasteiger partial charge in [0.15, 0.2) is 0 Å². The number of nitrogens with one attached hydrogen (secondary N) is 1. The van der Waals surface area contributed by atoms with Crippen LogP contribution in [0.15, 0.2) is 0 Å². The zero-order chi connectivity index (χ0) is 8.85. The van der Waals surface area contributed by atoms with E-state index >= 15 is 0 Å². The van der Waals surface area contributed by atoms with Crippen molar-refractivity contribution in [1.82, 2.24) is 0 Å². The normalized spacial score (nSPS) is 18.9. The average molecular weight is 163 g/mol. The van der Waals surface area contributed by atoms with E-state index in [9.17, 15) is 0 Å². The van der Waals surface area contributed by atoms with Crippen LogP contribution in [0.1, 0.15) is 6.42 Å². The van der Waals surface area contributed by atoms with Crippen LogP contribution < -0.4 is 0 Å². The van der Waals surface area contributed by atoms with Crippen molar-refractivity contribution in [3.05, 3.63) is 0 Å². The first-order valence-corrected chi connectivity index (χ1v) is 3.29. The molecule has 0 fully saturated rings. The van der Waals surface area contributed by atoms with Crippen LogP contribution in [0.5, 0.6) is 0 Å². The van der Waals surface area contributed by atoms with Crippen LogP contribution in [0.25, 0.3) is 0 Å². The lowest BCUT2D eigenvalue weighted by atomic mass is 10.1. The third kappa shape index (κ3) is 3.43. The van der Waals surface area contributed by atoms with Crippen molar-refractivity contribution >= 4 is 6.21 Å². The van der Waals surface area contributed by atoms with Crippen LogP contribution in [0, 0.1) is 5.41 Å². The maximum absolute atomic E-state index is 8.95. The summed E-state index contributed by atoms with van der Waals surface area (Å²) in [6.45, 7) is -0.261. The third-order valence-electron chi connectivity index (χ3n) is 1.34. The molecule has 0 spiro atoms. The van der Waals surface area contributed by atoms with Gasteiger partial charge in [0.1, 0.15) is 12.2 Å². The van der Waals surface area contributed by atoms with Crippen molar-refractivity contribution < 1.29 is 20.4 Å². The van der Waals surface area contributed by atoms with Crippen molar-refractivity contribution in [2.45, 2.75) is 24.7 Å². The molecule has 66 valence electrons. The Morgan fingerprint density at radius 1 is 1.27 bits per heavy atom. The quantitative estimate of drug-likeness (QED) is 0.305. The van der Waals surface area contributed by atoms with Gasteiger partial charge in [-0.2, -0.15) is 0 Å². The van der Waals surface area contributed by atoms with E-state index in [0.717, 1.165) is 0 Å². The molecule has 0 radical (unpaired) electrons. The molecule has 5 N–H and O–H groups in total. The standard InChI is InChI=1S/C6H13NO4/c7-3-5(10)6(11)4(9)1-2-8/h3-11H,1-2H2/t4-,5+,6+/m1/s1. The van der Waals surface area contributed by atoms with Gasteiger partial charge < -0.3 is 25.8 Å². The monoisotopic (exact) mass is 163 g/mol. The van der Waals surface area contributed by atoms with E-state index in [4.69, 9.17) is 25.8 Å². The van der Waals surface area contributed by atoms with Crippen LogP contribution >= 0.6 is 0 Å². The Balaban J connectivity index is 3.79. The fourth-order valence-corrected chi connectivity index (χ4v) is 0.629. The molecule has 0 saturated carbocycles. The Morgan fingerprint density at radius 2 is 1.82 bits per heavy atom. The topological polar surface area (TPSA) is 105 Å². The maximum atomic E-state index is 8.95. The summed E-state index contributed by atoms with van der Waals surface area (Å²) in [7, 11) is 0. The molecule has 0 amide bonds. The summed E-state index contributed by atoms with van der Waals surface area (Å²) in [6, 6.07) is 0. The van der Waals surface area contributed by atoms with Gasteiger partial charge in [-0.3, -0.25) is 0 Å². The lowest BCUT2D eigenvalue weighted by Crippen LogP contribution is -2.38. The van der Waals surface area contributed by atoms with Crippen LogP contribution in [0.3, 0.4) is 0 Å². The Labute approximate surface area is 64.4 Å². The third-order valence-corrected chi connectivity index (χ3v) is 1.34. The molecule has 0 aromatic carbocycles. The summed E-state index contributed by atoms with van der Waals surface area (Å²) in [5.74, 6) is 0. The number of rotatable bonds is 5. The highest BCUT2D eigenvalue weighted by Crippen LogP contribution is 2.01. The van der Waals surface area contributed by atoms with Crippen LogP contribution in [-0.4, -0.2) is 51.6 Å². The van der Waals surface area contributed by atoms with Gasteiger partial charge in [0.25, 0.3) is 0 Å². The lowest BCUT2D eigenvalue weighted by Gasteiger charge is -2.18. The molecule has 0 aromatic rings. The van der Waals surface area contributed by atoms with E-state index in [2.05, 4.69) is 0 Å². The molecule has 0 aliphatic carbocycles. The smallest absolute Gasteiger partial charge is 0.117 e. The molecule has 0 saturated heterocycles. The summed E-state index contributed by atoms with van der Waals surface area (Å²) < 4.78 is 0. The summed E-state index contributed by atoms with van der Waals surface area (Å²) in [5.41, 5.74) is 0. The average Bonchev–Trinajstić information content (AvgIpc) is 2.02. The maximum Gasteiger partial charge on any atom is 0.117 e. The zero-order valence-corrected chi connectivity index (χ0v) is 6.01. The van der Waals surface area contributed by atoms with Gasteiger partial charge in [0.2, 0.25) is 0 Å². The highest BCUT2D eigenvalue weighted by Gasteiger charge is 2.21. The van der Waals surface area contributed by atoms with Gasteiger partial charge in [0.05, 0.1) is 6.10 Å². The predicted octanol–water partition coefficient (Wildman–Crippen LogP) is -1.90. The fraction of sp³-hybridized carbons (Fsp3) is 0.833. The molecule has 5 nitrogen and oxygen atoms in total. The van der Waals surface area contributed by atoms with Gasteiger partial charge in [-0.25, -0.2) is 0 Å². The van der Waals surface area contributed by atoms with Gasteiger partial charge in [-0.1, -0.05) is 0 Å². The Kier molecular flexibility index (Phi) is 4.97. The molecule has 5 heteroatoms. The second kappa shape index (κ2) is 5.20. The predicted molar refractivity (Wildman–Crippen MR) is 38.5 cm³/mol. The molecule has 0 aliphatic rings.